The smallest absolute Gasteiger partial charge is 0.270 e. The summed E-state index contributed by atoms with van der Waals surface area (Å²) in [5.74, 6) is 0.953. The van der Waals surface area contributed by atoms with Crippen LogP contribution in [0.15, 0.2) is 66.7 Å². The maximum atomic E-state index is 13.1. The standard InChI is InChI=1S/C25H24N2O3/c28-22-15-24(30-23-11-5-4-10-19(22)23)18-9-6-14-27(16-18)25(29)21-13-12-20(26-21)17-7-2-1-3-8-17/h1-5,7-8,10-13,18,24,26H,6,9,14-16H2/t18-,24-/m0/s1. The van der Waals surface area contributed by atoms with Crippen LogP contribution in [0.25, 0.3) is 11.3 Å². The number of H-pyrrole nitrogens is 1. The second-order valence-corrected chi connectivity index (χ2v) is 8.08. The summed E-state index contributed by atoms with van der Waals surface area (Å²) in [6, 6.07) is 21.2. The molecule has 5 rings (SSSR count). The van der Waals surface area contributed by atoms with Crippen molar-refractivity contribution in [3.05, 3.63) is 78.0 Å². The number of aromatic amines is 1. The largest absolute Gasteiger partial charge is 0.489 e. The number of carbonyl (C=O) groups is 2. The van der Waals surface area contributed by atoms with Crippen LogP contribution in [-0.4, -0.2) is 40.8 Å². The fraction of sp³-hybridized carbons (Fsp3) is 0.280. The number of ketones is 1. The number of Topliss-reactive ketones (excluding diaryl/α,β-unsaturated/α-hetero) is 1. The molecule has 0 unspecified atom stereocenters. The number of hydrogen-bond donors (Lipinski definition) is 1. The van der Waals surface area contributed by atoms with Crippen molar-refractivity contribution in [2.45, 2.75) is 25.4 Å². The Labute approximate surface area is 175 Å². The van der Waals surface area contributed by atoms with Crippen molar-refractivity contribution >= 4 is 11.7 Å². The minimum atomic E-state index is -0.175. The summed E-state index contributed by atoms with van der Waals surface area (Å²) in [5.41, 5.74) is 3.25. The van der Waals surface area contributed by atoms with Crippen molar-refractivity contribution in [1.82, 2.24) is 9.88 Å². The van der Waals surface area contributed by atoms with E-state index in [0.29, 0.717) is 30.0 Å². The monoisotopic (exact) mass is 400 g/mol. The van der Waals surface area contributed by atoms with Gasteiger partial charge in [0.25, 0.3) is 5.91 Å². The summed E-state index contributed by atoms with van der Waals surface area (Å²) in [7, 11) is 0. The minimum absolute atomic E-state index is 0.00409. The maximum absolute atomic E-state index is 13.1. The molecule has 2 aliphatic rings. The van der Waals surface area contributed by atoms with E-state index in [1.54, 1.807) is 0 Å². The molecule has 1 saturated heterocycles. The van der Waals surface area contributed by atoms with Crippen molar-refractivity contribution < 1.29 is 14.3 Å². The third-order valence-corrected chi connectivity index (χ3v) is 6.12. The summed E-state index contributed by atoms with van der Waals surface area (Å²) >= 11 is 0. The lowest BCUT2D eigenvalue weighted by atomic mass is 9.87. The van der Waals surface area contributed by atoms with E-state index in [4.69, 9.17) is 4.74 Å². The molecule has 5 nitrogen and oxygen atoms in total. The third-order valence-electron chi connectivity index (χ3n) is 6.12. The quantitative estimate of drug-likeness (QED) is 0.701. The van der Waals surface area contributed by atoms with Crippen LogP contribution in [0.4, 0.5) is 0 Å². The van der Waals surface area contributed by atoms with Crippen LogP contribution in [0.3, 0.4) is 0 Å². The highest BCUT2D eigenvalue weighted by atomic mass is 16.5. The molecular formula is C25H24N2O3. The van der Waals surface area contributed by atoms with Crippen molar-refractivity contribution in [3.63, 3.8) is 0 Å². The number of hydrogen-bond acceptors (Lipinski definition) is 3. The first kappa shape index (κ1) is 18.7. The Kier molecular flexibility index (Phi) is 4.87. The Bertz CT molecular complexity index is 1070. The molecule has 2 aromatic carbocycles. The molecule has 3 heterocycles. The lowest BCUT2D eigenvalue weighted by molar-refractivity contribution is 0.0406. The van der Waals surface area contributed by atoms with Crippen LogP contribution in [0, 0.1) is 5.92 Å². The summed E-state index contributed by atoms with van der Waals surface area (Å²) in [4.78, 5) is 30.8. The fourth-order valence-corrected chi connectivity index (χ4v) is 4.53. The molecule has 152 valence electrons. The third kappa shape index (κ3) is 3.52. The average molecular weight is 400 g/mol. The van der Waals surface area contributed by atoms with Gasteiger partial charge in [-0.05, 0) is 42.7 Å². The second-order valence-electron chi connectivity index (χ2n) is 8.08. The molecule has 2 aliphatic heterocycles. The predicted molar refractivity (Wildman–Crippen MR) is 115 cm³/mol. The van der Waals surface area contributed by atoms with Crippen molar-refractivity contribution in [2.75, 3.05) is 13.1 Å². The van der Waals surface area contributed by atoms with Gasteiger partial charge in [-0.25, -0.2) is 0 Å². The van der Waals surface area contributed by atoms with Gasteiger partial charge in [0, 0.05) is 31.1 Å². The lowest BCUT2D eigenvalue weighted by Crippen LogP contribution is -2.46. The van der Waals surface area contributed by atoms with E-state index in [1.165, 1.54) is 0 Å². The van der Waals surface area contributed by atoms with E-state index in [0.717, 1.165) is 30.6 Å². The Morgan fingerprint density at radius 3 is 2.67 bits per heavy atom. The van der Waals surface area contributed by atoms with Gasteiger partial charge in [-0.15, -0.1) is 0 Å². The van der Waals surface area contributed by atoms with Crippen molar-refractivity contribution in [2.24, 2.45) is 5.92 Å². The Morgan fingerprint density at radius 1 is 1.00 bits per heavy atom. The van der Waals surface area contributed by atoms with E-state index in [1.807, 2.05) is 71.6 Å². The number of rotatable bonds is 3. The van der Waals surface area contributed by atoms with Gasteiger partial charge in [-0.2, -0.15) is 0 Å². The molecule has 1 aromatic heterocycles. The van der Waals surface area contributed by atoms with Gasteiger partial charge in [0.15, 0.2) is 5.78 Å². The highest BCUT2D eigenvalue weighted by molar-refractivity contribution is 6.00. The van der Waals surface area contributed by atoms with E-state index in [2.05, 4.69) is 4.98 Å². The first-order chi connectivity index (χ1) is 14.7. The number of para-hydroxylation sites is 1. The van der Waals surface area contributed by atoms with E-state index in [9.17, 15) is 9.59 Å². The summed E-state index contributed by atoms with van der Waals surface area (Å²) in [6.07, 6.45) is 2.08. The zero-order chi connectivity index (χ0) is 20.5. The molecule has 30 heavy (non-hydrogen) atoms. The van der Waals surface area contributed by atoms with Gasteiger partial charge >= 0.3 is 0 Å². The summed E-state index contributed by atoms with van der Waals surface area (Å²) in [6.45, 7) is 1.34. The van der Waals surface area contributed by atoms with Gasteiger partial charge in [0.2, 0.25) is 0 Å². The van der Waals surface area contributed by atoms with Crippen LogP contribution < -0.4 is 4.74 Å². The van der Waals surface area contributed by atoms with Crippen LogP contribution in [0.5, 0.6) is 5.75 Å². The number of ether oxygens (including phenoxy) is 1. The van der Waals surface area contributed by atoms with Crippen LogP contribution in [0.2, 0.25) is 0 Å². The number of amides is 1. The van der Waals surface area contributed by atoms with Gasteiger partial charge in [0.1, 0.15) is 17.5 Å². The number of piperidine rings is 1. The molecule has 2 atom stereocenters. The topological polar surface area (TPSA) is 62.4 Å². The van der Waals surface area contributed by atoms with Crippen LogP contribution in [-0.2, 0) is 0 Å². The molecule has 0 radical (unpaired) electrons. The molecule has 1 amide bonds. The molecule has 1 N–H and O–H groups in total. The minimum Gasteiger partial charge on any atom is -0.489 e. The van der Waals surface area contributed by atoms with Crippen molar-refractivity contribution in [1.29, 1.82) is 0 Å². The summed E-state index contributed by atoms with van der Waals surface area (Å²) in [5, 5.41) is 0. The average Bonchev–Trinajstić information content (AvgIpc) is 3.30. The van der Waals surface area contributed by atoms with E-state index < -0.39 is 0 Å². The molecule has 0 saturated carbocycles. The molecule has 0 spiro atoms. The Balaban J connectivity index is 1.30. The van der Waals surface area contributed by atoms with Crippen molar-refractivity contribution in [3.8, 4) is 17.0 Å². The first-order valence-corrected chi connectivity index (χ1v) is 10.5. The maximum Gasteiger partial charge on any atom is 0.270 e. The molecule has 0 bridgehead atoms. The predicted octanol–water partition coefficient (Wildman–Crippen LogP) is 4.57. The van der Waals surface area contributed by atoms with Crippen LogP contribution in [0.1, 0.15) is 40.1 Å². The number of nitrogens with one attached hydrogen (secondary N) is 1. The zero-order valence-electron chi connectivity index (χ0n) is 16.7. The normalized spacial score (nSPS) is 21.1. The number of likely N-dealkylation sites (tertiary alicyclic amines) is 1. The number of benzene rings is 2. The molecule has 0 aliphatic carbocycles. The molecule has 5 heteroatoms. The van der Waals surface area contributed by atoms with Crippen LogP contribution >= 0.6 is 0 Å². The van der Waals surface area contributed by atoms with Gasteiger partial charge < -0.3 is 14.6 Å². The fourth-order valence-electron chi connectivity index (χ4n) is 4.53. The highest BCUT2D eigenvalue weighted by Crippen LogP contribution is 2.33. The van der Waals surface area contributed by atoms with E-state index >= 15 is 0 Å². The molecule has 3 aromatic rings. The molecule has 1 fully saturated rings. The zero-order valence-corrected chi connectivity index (χ0v) is 16.7. The summed E-state index contributed by atoms with van der Waals surface area (Å²) < 4.78 is 6.17. The Hall–Kier alpha value is -3.34. The number of nitrogens with zero attached hydrogens (tertiary/aromatic N) is 1. The van der Waals surface area contributed by atoms with Gasteiger partial charge in [0.05, 0.1) is 5.56 Å². The number of carbonyl (C=O) groups excluding carboxylic acids is 2. The number of aromatic nitrogens is 1. The molecular weight excluding hydrogens is 376 g/mol. The lowest BCUT2D eigenvalue weighted by Gasteiger charge is -2.38. The Morgan fingerprint density at radius 2 is 1.80 bits per heavy atom. The first-order valence-electron chi connectivity index (χ1n) is 10.5. The highest BCUT2D eigenvalue weighted by Gasteiger charge is 2.36. The van der Waals surface area contributed by atoms with Gasteiger partial charge in [-0.1, -0.05) is 42.5 Å². The van der Waals surface area contributed by atoms with E-state index in [-0.39, 0.29) is 23.7 Å². The van der Waals surface area contributed by atoms with Gasteiger partial charge in [-0.3, -0.25) is 9.59 Å². The SMILES string of the molecule is O=C1C[C@@H]([C@H]2CCCN(C(=O)c3ccc(-c4ccccc4)[nH]3)C2)Oc2ccccc21. The second kappa shape index (κ2) is 7.82. The number of fused-ring (bicyclic) bond motifs is 1.